The molecule has 1 aliphatic rings. The molecule has 0 saturated carbocycles. The van der Waals surface area contributed by atoms with Crippen molar-refractivity contribution < 1.29 is 24.0 Å². The van der Waals surface area contributed by atoms with E-state index in [1.807, 2.05) is 42.3 Å². The van der Waals surface area contributed by atoms with Gasteiger partial charge in [-0.3, -0.25) is 15.0 Å². The Morgan fingerprint density at radius 2 is 1.62 bits per heavy atom. The Labute approximate surface area is 228 Å². The second kappa shape index (κ2) is 14.4. The summed E-state index contributed by atoms with van der Waals surface area (Å²) in [7, 11) is 3.18. The summed E-state index contributed by atoms with van der Waals surface area (Å²) in [5, 5.41) is 14.4. The average Bonchev–Trinajstić information content (AvgIpc) is 2.83. The lowest BCUT2D eigenvalue weighted by molar-refractivity contribution is -0.384. The quantitative estimate of drug-likeness (QED) is 0.275. The number of nitrogens with zero attached hydrogens (tertiary/aromatic N) is 2. The third-order valence-corrected chi connectivity index (χ3v) is 5.80. The van der Waals surface area contributed by atoms with Crippen LogP contribution in [0.2, 0.25) is 0 Å². The number of carbonyl (C=O) groups excluding carboxylic acids is 2. The van der Waals surface area contributed by atoms with Gasteiger partial charge in [-0.05, 0) is 32.0 Å². The first-order valence-corrected chi connectivity index (χ1v) is 11.1. The number of likely N-dealkylation sites (N-methyl/N-ethyl adjacent to an activating group) is 1. The number of hydrogen-bond donors (Lipinski definition) is 1. The molecule has 3 rings (SSSR count). The van der Waals surface area contributed by atoms with Gasteiger partial charge in [-0.1, -0.05) is 42.5 Å². The predicted molar refractivity (Wildman–Crippen MR) is 145 cm³/mol. The SMILES string of the molecule is COC(=O)C1=C(C)NC(C)=C(C(=O)OCCN(C)Cc2ccccc2)C1c1cccc([N+](=O)[O-])c1.Cl.Cl. The van der Waals surface area contributed by atoms with Gasteiger partial charge in [0.15, 0.2) is 0 Å². The molecule has 1 aliphatic heterocycles. The van der Waals surface area contributed by atoms with Crippen molar-refractivity contribution in [1.82, 2.24) is 10.2 Å². The zero-order valence-electron chi connectivity index (χ0n) is 21.1. The number of halogens is 2. The number of carbonyl (C=O) groups is 2. The summed E-state index contributed by atoms with van der Waals surface area (Å²) < 4.78 is 10.6. The Morgan fingerprint density at radius 1 is 1.00 bits per heavy atom. The van der Waals surface area contributed by atoms with Crippen molar-refractivity contribution in [3.8, 4) is 0 Å². The van der Waals surface area contributed by atoms with E-state index in [9.17, 15) is 19.7 Å². The molecule has 1 atom stereocenters. The number of ether oxygens (including phenoxy) is 2. The lowest BCUT2D eigenvalue weighted by Gasteiger charge is -2.30. The van der Waals surface area contributed by atoms with Crippen LogP contribution in [0.25, 0.3) is 0 Å². The largest absolute Gasteiger partial charge is 0.466 e. The first kappa shape index (κ1) is 31.6. The Kier molecular flexibility index (Phi) is 12.3. The normalized spacial score (nSPS) is 14.8. The van der Waals surface area contributed by atoms with Gasteiger partial charge in [0.2, 0.25) is 0 Å². The third kappa shape index (κ3) is 7.79. The fourth-order valence-corrected chi connectivity index (χ4v) is 4.14. The molecule has 0 amide bonds. The topological polar surface area (TPSA) is 111 Å². The number of benzene rings is 2. The van der Waals surface area contributed by atoms with Crippen LogP contribution in [0.15, 0.2) is 77.1 Å². The van der Waals surface area contributed by atoms with E-state index in [0.717, 1.165) is 5.56 Å². The van der Waals surface area contributed by atoms with E-state index in [1.54, 1.807) is 19.9 Å². The smallest absolute Gasteiger partial charge is 0.336 e. The van der Waals surface area contributed by atoms with Crippen LogP contribution in [0.5, 0.6) is 0 Å². The van der Waals surface area contributed by atoms with Crippen molar-refractivity contribution in [2.45, 2.75) is 26.3 Å². The van der Waals surface area contributed by atoms with E-state index in [2.05, 4.69) is 5.32 Å². The Bertz CT molecular complexity index is 1180. The summed E-state index contributed by atoms with van der Waals surface area (Å²) in [5.41, 5.74) is 2.85. The number of allylic oxidation sites excluding steroid dienone is 2. The van der Waals surface area contributed by atoms with Gasteiger partial charge < -0.3 is 14.8 Å². The zero-order valence-corrected chi connectivity index (χ0v) is 22.7. The number of rotatable bonds is 9. The van der Waals surface area contributed by atoms with Gasteiger partial charge in [0, 0.05) is 36.6 Å². The maximum atomic E-state index is 13.3. The highest BCUT2D eigenvalue weighted by Gasteiger charge is 2.38. The van der Waals surface area contributed by atoms with E-state index in [4.69, 9.17) is 9.47 Å². The predicted octanol–water partition coefficient (Wildman–Crippen LogP) is 4.52. The van der Waals surface area contributed by atoms with E-state index in [1.165, 1.54) is 25.3 Å². The zero-order chi connectivity index (χ0) is 25.5. The number of non-ortho nitro benzene ring substituents is 1. The summed E-state index contributed by atoms with van der Waals surface area (Å²) in [4.78, 5) is 38.8. The van der Waals surface area contributed by atoms with Crippen molar-refractivity contribution in [3.63, 3.8) is 0 Å². The Morgan fingerprint density at radius 3 is 2.22 bits per heavy atom. The molecule has 11 heteroatoms. The van der Waals surface area contributed by atoms with Gasteiger partial charge in [-0.2, -0.15) is 0 Å². The number of nitrogens with one attached hydrogen (secondary N) is 1. The summed E-state index contributed by atoms with van der Waals surface area (Å²) in [6, 6.07) is 15.8. The van der Waals surface area contributed by atoms with Gasteiger partial charge in [0.05, 0.1) is 29.1 Å². The van der Waals surface area contributed by atoms with Gasteiger partial charge >= 0.3 is 11.9 Å². The van der Waals surface area contributed by atoms with Gasteiger partial charge in [-0.15, -0.1) is 24.8 Å². The molecule has 9 nitrogen and oxygen atoms in total. The number of hydrogen-bond acceptors (Lipinski definition) is 8. The van der Waals surface area contributed by atoms with Crippen LogP contribution >= 0.6 is 24.8 Å². The summed E-state index contributed by atoms with van der Waals surface area (Å²) in [5.74, 6) is -2.11. The highest BCUT2D eigenvalue weighted by Crippen LogP contribution is 2.40. The fourth-order valence-electron chi connectivity index (χ4n) is 4.14. The maximum absolute atomic E-state index is 13.3. The van der Waals surface area contributed by atoms with Gasteiger partial charge in [-0.25, -0.2) is 9.59 Å². The molecule has 0 saturated heterocycles. The first-order valence-electron chi connectivity index (χ1n) is 11.1. The number of methoxy groups -OCH3 is 1. The van der Waals surface area contributed by atoms with Crippen LogP contribution in [0, 0.1) is 10.1 Å². The second-order valence-electron chi connectivity index (χ2n) is 8.34. The molecule has 200 valence electrons. The van der Waals surface area contributed by atoms with Crippen LogP contribution in [-0.2, 0) is 25.6 Å². The van der Waals surface area contributed by atoms with Crippen LogP contribution in [-0.4, -0.2) is 49.1 Å². The monoisotopic (exact) mass is 551 g/mol. The molecular formula is C26H31Cl2N3O6. The molecule has 0 aromatic heterocycles. The highest BCUT2D eigenvalue weighted by atomic mass is 35.5. The van der Waals surface area contributed by atoms with Crippen LogP contribution in [0.3, 0.4) is 0 Å². The fraction of sp³-hybridized carbons (Fsp3) is 0.308. The molecule has 1 N–H and O–H groups in total. The lowest BCUT2D eigenvalue weighted by Crippen LogP contribution is -2.33. The molecule has 2 aromatic carbocycles. The Hall–Kier alpha value is -3.40. The minimum atomic E-state index is -0.877. The van der Waals surface area contributed by atoms with Crippen molar-refractivity contribution in [3.05, 3.63) is 98.4 Å². The molecular weight excluding hydrogens is 521 g/mol. The molecule has 1 unspecified atom stereocenters. The van der Waals surface area contributed by atoms with E-state index >= 15 is 0 Å². The van der Waals surface area contributed by atoms with Crippen molar-refractivity contribution in [2.24, 2.45) is 0 Å². The van der Waals surface area contributed by atoms with Crippen LogP contribution in [0.4, 0.5) is 5.69 Å². The standard InChI is InChI=1S/C26H29N3O6.2ClH/c1-17-22(25(30)34-4)24(20-11-8-12-21(15-20)29(32)33)23(18(2)27-17)26(31)35-14-13-28(3)16-19-9-6-5-7-10-19;;/h5-12,15,24,27H,13-14,16H2,1-4H3;2*1H. The van der Waals surface area contributed by atoms with Crippen molar-refractivity contribution in [1.29, 1.82) is 0 Å². The third-order valence-electron chi connectivity index (χ3n) is 5.80. The molecule has 2 aromatic rings. The van der Waals surface area contributed by atoms with Crippen molar-refractivity contribution >= 4 is 42.4 Å². The maximum Gasteiger partial charge on any atom is 0.336 e. The van der Waals surface area contributed by atoms with Crippen molar-refractivity contribution in [2.75, 3.05) is 27.3 Å². The van der Waals surface area contributed by atoms with Gasteiger partial charge in [0.1, 0.15) is 6.61 Å². The molecule has 37 heavy (non-hydrogen) atoms. The van der Waals surface area contributed by atoms with Gasteiger partial charge in [0.25, 0.3) is 5.69 Å². The molecule has 0 aliphatic carbocycles. The van der Waals surface area contributed by atoms with E-state index in [0.29, 0.717) is 30.0 Å². The van der Waals surface area contributed by atoms with E-state index in [-0.39, 0.29) is 48.3 Å². The number of esters is 2. The molecule has 0 radical (unpaired) electrons. The first-order chi connectivity index (χ1) is 16.7. The number of nitro benzene ring substituents is 1. The second-order valence-corrected chi connectivity index (χ2v) is 8.34. The Balaban J connectivity index is 0.00000342. The number of nitro groups is 1. The average molecular weight is 552 g/mol. The molecule has 0 bridgehead atoms. The van der Waals surface area contributed by atoms with Crippen LogP contribution in [0.1, 0.15) is 30.9 Å². The number of dihydropyridines is 1. The van der Waals surface area contributed by atoms with Crippen LogP contribution < -0.4 is 5.32 Å². The lowest BCUT2D eigenvalue weighted by atomic mass is 9.80. The summed E-state index contributed by atoms with van der Waals surface area (Å²) in [6.07, 6.45) is 0. The summed E-state index contributed by atoms with van der Waals surface area (Å²) in [6.45, 7) is 4.74. The summed E-state index contributed by atoms with van der Waals surface area (Å²) >= 11 is 0. The minimum Gasteiger partial charge on any atom is -0.466 e. The molecule has 1 heterocycles. The minimum absolute atomic E-state index is 0. The molecule has 0 fully saturated rings. The van der Waals surface area contributed by atoms with E-state index < -0.39 is 22.8 Å². The highest BCUT2D eigenvalue weighted by molar-refractivity contribution is 5.99. The molecule has 0 spiro atoms.